The lowest BCUT2D eigenvalue weighted by Crippen LogP contribution is -2.44. The van der Waals surface area contributed by atoms with Gasteiger partial charge in [0.15, 0.2) is 11.9 Å². The second kappa shape index (κ2) is 5.52. The molecule has 0 aromatic carbocycles. The molecule has 3 heterocycles. The van der Waals surface area contributed by atoms with E-state index in [-0.39, 0.29) is 12.6 Å². The number of amidine groups is 1. The maximum atomic E-state index is 11.7. The van der Waals surface area contributed by atoms with Crippen LogP contribution in [0.5, 0.6) is 0 Å². The van der Waals surface area contributed by atoms with E-state index in [9.17, 15) is 9.36 Å². The van der Waals surface area contributed by atoms with E-state index < -0.39 is 32.1 Å². The highest BCUT2D eigenvalue weighted by molar-refractivity contribution is 7.46. The van der Waals surface area contributed by atoms with E-state index in [1.54, 1.807) is 4.90 Å². The van der Waals surface area contributed by atoms with Gasteiger partial charge in [-0.25, -0.2) is 4.57 Å². The third-order valence-electron chi connectivity index (χ3n) is 3.36. The predicted octanol–water partition coefficient (Wildman–Crippen LogP) is -1.43. The molecule has 12 heteroatoms. The van der Waals surface area contributed by atoms with Crippen LogP contribution in [0.15, 0.2) is 15.0 Å². The summed E-state index contributed by atoms with van der Waals surface area (Å²) in [7, 11) is -4.52. The van der Waals surface area contributed by atoms with Gasteiger partial charge < -0.3 is 20.3 Å². The minimum atomic E-state index is -4.52. The van der Waals surface area contributed by atoms with Gasteiger partial charge in [0, 0.05) is 0 Å². The van der Waals surface area contributed by atoms with E-state index in [4.69, 9.17) is 20.3 Å². The van der Waals surface area contributed by atoms with Crippen molar-refractivity contribution in [3.63, 3.8) is 0 Å². The van der Waals surface area contributed by atoms with E-state index >= 15 is 0 Å². The van der Waals surface area contributed by atoms with Crippen molar-refractivity contribution in [1.29, 1.82) is 0 Å². The Morgan fingerprint density at radius 3 is 2.95 bits per heavy atom. The zero-order valence-electron chi connectivity index (χ0n) is 11.3. The Hall–Kier alpha value is -1.65. The smallest absolute Gasteiger partial charge is 0.368 e. The van der Waals surface area contributed by atoms with E-state index in [1.165, 1.54) is 6.34 Å². The molecule has 1 unspecified atom stereocenters. The number of nitrogens with zero attached hydrogens (tertiary/aromatic N) is 4. The second-order valence-electron chi connectivity index (χ2n) is 4.93. The van der Waals surface area contributed by atoms with Crippen LogP contribution in [0.4, 0.5) is 0 Å². The van der Waals surface area contributed by atoms with Gasteiger partial charge in [-0.2, -0.15) is 9.98 Å². The summed E-state index contributed by atoms with van der Waals surface area (Å²) in [5, 5.41) is 0. The number of carbonyl (C=O) groups is 1. The molecule has 0 bridgehead atoms. The van der Waals surface area contributed by atoms with E-state index in [0.717, 1.165) is 0 Å². The maximum Gasteiger partial charge on any atom is 0.469 e. The normalized spacial score (nSPS) is 31.3. The van der Waals surface area contributed by atoms with Gasteiger partial charge in [-0.1, -0.05) is 0 Å². The molecular formula is C10H14N5O6P. The van der Waals surface area contributed by atoms with Crippen molar-refractivity contribution in [2.45, 2.75) is 31.2 Å². The molecule has 1 amide bonds. The van der Waals surface area contributed by atoms with Gasteiger partial charge in [-0.15, -0.1) is 0 Å². The molecular weight excluding hydrogens is 317 g/mol. The van der Waals surface area contributed by atoms with E-state index in [1.807, 2.05) is 0 Å². The molecule has 0 aliphatic carbocycles. The summed E-state index contributed by atoms with van der Waals surface area (Å²) < 4.78 is 20.8. The number of aliphatic imine (C=N–C) groups is 3. The number of rotatable bonds is 4. The van der Waals surface area contributed by atoms with Gasteiger partial charge in [0.1, 0.15) is 6.23 Å². The topological polar surface area (TPSA) is 159 Å². The van der Waals surface area contributed by atoms with Crippen molar-refractivity contribution < 1.29 is 28.4 Å². The van der Waals surface area contributed by atoms with Crippen molar-refractivity contribution >= 4 is 31.9 Å². The molecule has 3 rings (SSSR count). The fourth-order valence-electron chi connectivity index (χ4n) is 2.43. The number of hydrogen-bond donors (Lipinski definition) is 3. The first-order valence-electron chi connectivity index (χ1n) is 6.47. The number of hydrogen-bond acceptors (Lipinski definition) is 8. The average Bonchev–Trinajstić information content (AvgIpc) is 3.01. The highest BCUT2D eigenvalue weighted by Crippen LogP contribution is 2.37. The van der Waals surface area contributed by atoms with Crippen LogP contribution in [0.2, 0.25) is 0 Å². The van der Waals surface area contributed by atoms with Crippen LogP contribution in [0.3, 0.4) is 0 Å². The first-order valence-corrected chi connectivity index (χ1v) is 8.00. The van der Waals surface area contributed by atoms with Crippen molar-refractivity contribution in [3.8, 4) is 0 Å². The molecule has 22 heavy (non-hydrogen) atoms. The first-order chi connectivity index (χ1) is 10.3. The molecule has 0 aromatic rings. The zero-order chi connectivity index (χ0) is 15.9. The molecule has 3 aliphatic rings. The molecule has 3 aliphatic heterocycles. The minimum Gasteiger partial charge on any atom is -0.368 e. The van der Waals surface area contributed by atoms with Crippen molar-refractivity contribution in [1.82, 2.24) is 4.90 Å². The summed E-state index contributed by atoms with van der Waals surface area (Å²) in [5.74, 6) is -0.272. The van der Waals surface area contributed by atoms with Crippen LogP contribution in [-0.2, 0) is 18.6 Å². The Morgan fingerprint density at radius 2 is 2.23 bits per heavy atom. The molecule has 1 saturated heterocycles. The summed E-state index contributed by atoms with van der Waals surface area (Å²) in [4.78, 5) is 42.2. The Labute approximate surface area is 124 Å². The monoisotopic (exact) mass is 331 g/mol. The number of nitrogens with two attached hydrogens (primary N) is 1. The number of phosphoric acid groups is 1. The Morgan fingerprint density at radius 1 is 1.45 bits per heavy atom. The SMILES string of the molecule is NC1=NC(=O)C2N=CN([C@H]3CC[C@@H](COP(=O)(O)O)O3)C2=N1. The number of ether oxygens (including phenoxy) is 1. The first kappa shape index (κ1) is 15.3. The van der Waals surface area contributed by atoms with Crippen molar-refractivity contribution in [2.75, 3.05) is 6.61 Å². The maximum absolute atomic E-state index is 11.7. The third-order valence-corrected chi connectivity index (χ3v) is 3.85. The second-order valence-corrected chi connectivity index (χ2v) is 6.17. The number of guanidine groups is 1. The van der Waals surface area contributed by atoms with Crippen LogP contribution in [0.25, 0.3) is 0 Å². The summed E-state index contributed by atoms with van der Waals surface area (Å²) in [6.07, 6.45) is 1.64. The molecule has 0 radical (unpaired) electrons. The summed E-state index contributed by atoms with van der Waals surface area (Å²) in [6.45, 7) is -0.218. The Bertz CT molecular complexity index is 627. The van der Waals surface area contributed by atoms with Crippen molar-refractivity contribution in [2.24, 2.45) is 20.7 Å². The number of carbonyl (C=O) groups excluding carboxylic acids is 1. The molecule has 0 spiro atoms. The molecule has 0 saturated carbocycles. The number of amides is 1. The van der Waals surface area contributed by atoms with Gasteiger partial charge in [-0.05, 0) is 12.8 Å². The molecule has 4 N–H and O–H groups in total. The summed E-state index contributed by atoms with van der Waals surface area (Å²) >= 11 is 0. The van der Waals surface area contributed by atoms with E-state index in [0.29, 0.717) is 18.7 Å². The highest BCUT2D eigenvalue weighted by Gasteiger charge is 2.41. The van der Waals surface area contributed by atoms with Crippen LogP contribution in [-0.4, -0.2) is 63.7 Å². The van der Waals surface area contributed by atoms with Gasteiger partial charge in [0.25, 0.3) is 5.91 Å². The lowest BCUT2D eigenvalue weighted by Gasteiger charge is -2.25. The van der Waals surface area contributed by atoms with Gasteiger partial charge in [-0.3, -0.25) is 19.2 Å². The fraction of sp³-hybridized carbons (Fsp3) is 0.600. The number of phosphoric ester groups is 1. The van der Waals surface area contributed by atoms with E-state index in [2.05, 4.69) is 19.5 Å². The predicted molar refractivity (Wildman–Crippen MR) is 74.1 cm³/mol. The summed E-state index contributed by atoms with van der Waals surface area (Å²) in [5.41, 5.74) is 5.48. The molecule has 0 aromatic heterocycles. The lowest BCUT2D eigenvalue weighted by molar-refractivity contribution is -0.117. The molecule has 11 nitrogen and oxygen atoms in total. The van der Waals surface area contributed by atoms with Crippen LogP contribution in [0.1, 0.15) is 12.8 Å². The van der Waals surface area contributed by atoms with Crippen LogP contribution >= 0.6 is 7.82 Å². The van der Waals surface area contributed by atoms with Crippen LogP contribution in [0, 0.1) is 0 Å². The highest BCUT2D eigenvalue weighted by atomic mass is 31.2. The third kappa shape index (κ3) is 3.08. The van der Waals surface area contributed by atoms with Gasteiger partial charge in [0.2, 0.25) is 5.96 Å². The van der Waals surface area contributed by atoms with Gasteiger partial charge in [0.05, 0.1) is 19.0 Å². The zero-order valence-corrected chi connectivity index (χ0v) is 12.2. The fourth-order valence-corrected chi connectivity index (χ4v) is 2.79. The molecule has 1 fully saturated rings. The lowest BCUT2D eigenvalue weighted by atomic mass is 10.2. The Balaban J connectivity index is 1.64. The van der Waals surface area contributed by atoms with Crippen molar-refractivity contribution in [3.05, 3.63) is 0 Å². The molecule has 3 atom stereocenters. The Kier molecular flexibility index (Phi) is 3.83. The number of fused-ring (bicyclic) bond motifs is 1. The quantitative estimate of drug-likeness (QED) is 0.528. The van der Waals surface area contributed by atoms with Crippen LogP contribution < -0.4 is 5.73 Å². The minimum absolute atomic E-state index is 0.133. The van der Waals surface area contributed by atoms with Gasteiger partial charge >= 0.3 is 7.82 Å². The molecule has 120 valence electrons. The average molecular weight is 331 g/mol. The summed E-state index contributed by atoms with van der Waals surface area (Å²) in [6, 6.07) is -0.804. The standard InChI is InChI=1S/C10H14N5O6P/c11-10-13-8-7(9(16)14-10)12-4-15(8)6-2-1-5(21-6)3-20-22(17,18)19/h4-7H,1-3H2,(H2,11,14,16)(H2,17,18,19)/t5-,6+,7?/m0/s1. The largest absolute Gasteiger partial charge is 0.469 e.